The second kappa shape index (κ2) is 5.79. The van der Waals surface area contributed by atoms with Crippen LogP contribution in [0.5, 0.6) is 5.75 Å². The number of nitrogens with zero attached hydrogens (tertiary/aromatic N) is 1. The van der Waals surface area contributed by atoms with E-state index in [9.17, 15) is 13.2 Å². The van der Waals surface area contributed by atoms with Crippen molar-refractivity contribution in [3.63, 3.8) is 0 Å². The summed E-state index contributed by atoms with van der Waals surface area (Å²) in [6.07, 6.45) is 1.11. The Kier molecular flexibility index (Phi) is 4.24. The van der Waals surface area contributed by atoms with Crippen molar-refractivity contribution in [2.45, 2.75) is 4.90 Å². The van der Waals surface area contributed by atoms with Gasteiger partial charge >= 0.3 is 0 Å². The van der Waals surface area contributed by atoms with Gasteiger partial charge in [-0.05, 0) is 30.3 Å². The second-order valence-corrected chi connectivity index (χ2v) is 6.56. The van der Waals surface area contributed by atoms with Crippen LogP contribution in [0.4, 0.5) is 5.69 Å². The number of benzene rings is 1. The fourth-order valence-corrected chi connectivity index (χ4v) is 3.10. The van der Waals surface area contributed by atoms with E-state index in [2.05, 4.69) is 4.98 Å². The largest absolute Gasteiger partial charge is 0.497 e. The molecular weight excluding hydrogens is 316 g/mol. The maximum Gasteiger partial charge on any atom is 0.266 e. The van der Waals surface area contributed by atoms with Crippen LogP contribution in [0.15, 0.2) is 46.2 Å². The summed E-state index contributed by atoms with van der Waals surface area (Å²) in [7, 11) is -0.875. The molecule has 0 unspecified atom stereocenters. The maximum absolute atomic E-state index is 12.5. The van der Waals surface area contributed by atoms with Gasteiger partial charge < -0.3 is 9.72 Å². The maximum atomic E-state index is 12.5. The molecule has 0 aliphatic carbocycles. The fraction of sp³-hybridized carbons (Fsp3) is 0.154. The van der Waals surface area contributed by atoms with Crippen LogP contribution < -0.4 is 14.6 Å². The first-order valence-electron chi connectivity index (χ1n) is 5.87. The van der Waals surface area contributed by atoms with Crippen LogP contribution in [0.2, 0.25) is 5.02 Å². The first-order valence-corrected chi connectivity index (χ1v) is 7.69. The number of hydrogen-bond acceptors (Lipinski definition) is 4. The molecule has 0 bridgehead atoms. The summed E-state index contributed by atoms with van der Waals surface area (Å²) in [6, 6.07) is 7.66. The van der Waals surface area contributed by atoms with Crippen molar-refractivity contribution in [3.8, 4) is 5.75 Å². The minimum atomic E-state index is -3.81. The number of sulfonamides is 1. The summed E-state index contributed by atoms with van der Waals surface area (Å²) in [4.78, 5) is 13.4. The summed E-state index contributed by atoms with van der Waals surface area (Å²) in [5, 5.41) is -0.181. The lowest BCUT2D eigenvalue weighted by molar-refractivity contribution is 0.415. The number of pyridine rings is 1. The molecule has 1 N–H and O–H groups in total. The van der Waals surface area contributed by atoms with E-state index in [0.717, 1.165) is 16.6 Å². The van der Waals surface area contributed by atoms with Gasteiger partial charge in [-0.2, -0.15) is 0 Å². The molecule has 112 valence electrons. The van der Waals surface area contributed by atoms with Gasteiger partial charge in [0, 0.05) is 13.2 Å². The minimum absolute atomic E-state index is 0.0922. The average molecular weight is 329 g/mol. The number of anilines is 1. The molecule has 2 rings (SSSR count). The number of aromatic amines is 1. The molecule has 0 fully saturated rings. The molecule has 6 nitrogen and oxygen atoms in total. The molecule has 0 aliphatic rings. The van der Waals surface area contributed by atoms with E-state index in [-0.39, 0.29) is 9.92 Å². The van der Waals surface area contributed by atoms with Gasteiger partial charge in [0.1, 0.15) is 15.7 Å². The highest BCUT2D eigenvalue weighted by Gasteiger charge is 2.22. The number of hydrogen-bond donors (Lipinski definition) is 1. The van der Waals surface area contributed by atoms with Gasteiger partial charge in [-0.3, -0.25) is 9.10 Å². The fourth-order valence-electron chi connectivity index (χ4n) is 1.68. The van der Waals surface area contributed by atoms with Crippen molar-refractivity contribution < 1.29 is 13.2 Å². The normalized spacial score (nSPS) is 11.2. The zero-order chi connectivity index (χ0) is 15.6. The number of halogens is 1. The van der Waals surface area contributed by atoms with Crippen molar-refractivity contribution in [1.82, 2.24) is 4.98 Å². The van der Waals surface area contributed by atoms with Crippen LogP contribution in [0.3, 0.4) is 0 Å². The minimum Gasteiger partial charge on any atom is -0.497 e. The van der Waals surface area contributed by atoms with E-state index in [0.29, 0.717) is 11.4 Å². The van der Waals surface area contributed by atoms with E-state index in [1.165, 1.54) is 14.2 Å². The van der Waals surface area contributed by atoms with Crippen molar-refractivity contribution in [1.29, 1.82) is 0 Å². The molecule has 0 amide bonds. The molecule has 0 spiro atoms. The Morgan fingerprint density at radius 2 is 1.86 bits per heavy atom. The van der Waals surface area contributed by atoms with Gasteiger partial charge in [0.05, 0.1) is 12.8 Å². The topological polar surface area (TPSA) is 79.5 Å². The van der Waals surface area contributed by atoms with E-state index < -0.39 is 15.6 Å². The molecule has 0 radical (unpaired) electrons. The lowest BCUT2D eigenvalue weighted by Gasteiger charge is -2.19. The van der Waals surface area contributed by atoms with Crippen LogP contribution in [-0.4, -0.2) is 27.6 Å². The molecule has 0 aliphatic heterocycles. The highest BCUT2D eigenvalue weighted by molar-refractivity contribution is 7.92. The van der Waals surface area contributed by atoms with Crippen LogP contribution >= 0.6 is 11.6 Å². The monoisotopic (exact) mass is 328 g/mol. The number of aromatic nitrogens is 1. The molecule has 8 heteroatoms. The lowest BCUT2D eigenvalue weighted by atomic mass is 10.3. The highest BCUT2D eigenvalue weighted by Crippen LogP contribution is 2.24. The van der Waals surface area contributed by atoms with Crippen molar-refractivity contribution in [2.75, 3.05) is 18.5 Å². The number of ether oxygens (including phenoxy) is 1. The Balaban J connectivity index is 2.41. The summed E-state index contributed by atoms with van der Waals surface area (Å²) >= 11 is 5.67. The molecular formula is C13H13ClN2O4S. The molecule has 0 atom stereocenters. The Morgan fingerprint density at radius 1 is 1.24 bits per heavy atom. The highest BCUT2D eigenvalue weighted by atomic mass is 35.5. The molecule has 2 aromatic rings. The standard InChI is InChI=1S/C13H13ClN2O4S/c1-16(9-3-5-10(20-2)6-4-9)21(18,19)11-7-12(14)13(17)15-8-11/h3-8H,1-2H3,(H,15,17). The van der Waals surface area contributed by atoms with Gasteiger partial charge in [0.25, 0.3) is 15.6 Å². The van der Waals surface area contributed by atoms with Gasteiger partial charge in [0.15, 0.2) is 0 Å². The Hall–Kier alpha value is -1.99. The number of rotatable bonds is 4. The van der Waals surface area contributed by atoms with E-state index in [1.807, 2.05) is 0 Å². The van der Waals surface area contributed by atoms with Crippen molar-refractivity contribution in [2.24, 2.45) is 0 Å². The summed E-state index contributed by atoms with van der Waals surface area (Å²) in [5.74, 6) is 0.622. The second-order valence-electron chi connectivity index (χ2n) is 4.18. The average Bonchev–Trinajstić information content (AvgIpc) is 2.49. The quantitative estimate of drug-likeness (QED) is 0.929. The Morgan fingerprint density at radius 3 is 2.38 bits per heavy atom. The molecule has 0 saturated heterocycles. The molecule has 1 heterocycles. The van der Waals surface area contributed by atoms with Crippen LogP contribution in [0.25, 0.3) is 0 Å². The molecule has 1 aromatic heterocycles. The number of nitrogens with one attached hydrogen (secondary N) is 1. The SMILES string of the molecule is COc1ccc(N(C)S(=O)(=O)c2c[nH]c(=O)c(Cl)c2)cc1. The third-order valence-electron chi connectivity index (χ3n) is 2.93. The first kappa shape index (κ1) is 15.4. The zero-order valence-electron chi connectivity index (χ0n) is 11.3. The number of H-pyrrole nitrogens is 1. The molecule has 0 saturated carbocycles. The third kappa shape index (κ3) is 3.03. The van der Waals surface area contributed by atoms with Crippen LogP contribution in [0, 0.1) is 0 Å². The zero-order valence-corrected chi connectivity index (χ0v) is 12.9. The van der Waals surface area contributed by atoms with Crippen LogP contribution in [0.1, 0.15) is 0 Å². The van der Waals surface area contributed by atoms with Crippen molar-refractivity contribution >= 4 is 27.3 Å². The smallest absolute Gasteiger partial charge is 0.266 e. The van der Waals surface area contributed by atoms with Crippen LogP contribution in [-0.2, 0) is 10.0 Å². The number of methoxy groups -OCH3 is 1. The Labute approximate surface area is 127 Å². The lowest BCUT2D eigenvalue weighted by Crippen LogP contribution is -2.27. The van der Waals surface area contributed by atoms with Gasteiger partial charge in [-0.1, -0.05) is 11.6 Å². The van der Waals surface area contributed by atoms with Gasteiger partial charge in [0.2, 0.25) is 0 Å². The Bertz CT molecular complexity index is 800. The summed E-state index contributed by atoms with van der Waals surface area (Å²) in [6.45, 7) is 0. The molecule has 21 heavy (non-hydrogen) atoms. The molecule has 1 aromatic carbocycles. The summed E-state index contributed by atoms with van der Waals surface area (Å²) < 4.78 is 31.0. The van der Waals surface area contributed by atoms with Crippen molar-refractivity contribution in [3.05, 3.63) is 51.9 Å². The third-order valence-corrected chi connectivity index (χ3v) is 4.97. The van der Waals surface area contributed by atoms with Gasteiger partial charge in [-0.25, -0.2) is 8.42 Å². The van der Waals surface area contributed by atoms with Gasteiger partial charge in [-0.15, -0.1) is 0 Å². The van der Waals surface area contributed by atoms with E-state index in [1.54, 1.807) is 24.3 Å². The summed E-state index contributed by atoms with van der Waals surface area (Å²) in [5.41, 5.74) is -0.0826. The van der Waals surface area contributed by atoms with E-state index >= 15 is 0 Å². The first-order chi connectivity index (χ1) is 9.86. The predicted octanol–water partition coefficient (Wildman–Crippen LogP) is 1.86. The van der Waals surface area contributed by atoms with E-state index in [4.69, 9.17) is 16.3 Å². The predicted molar refractivity (Wildman–Crippen MR) is 80.7 cm³/mol.